The minimum absolute atomic E-state index is 0.158. The predicted octanol–water partition coefficient (Wildman–Crippen LogP) is 1.50. The van der Waals surface area contributed by atoms with Gasteiger partial charge in [0.15, 0.2) is 0 Å². The van der Waals surface area contributed by atoms with Gasteiger partial charge in [0.1, 0.15) is 6.10 Å². The highest BCUT2D eigenvalue weighted by atomic mass is 35.5. The van der Waals surface area contributed by atoms with Gasteiger partial charge in [0.05, 0.1) is 0 Å². The fourth-order valence-electron chi connectivity index (χ4n) is 0.831. The second kappa shape index (κ2) is 4.44. The van der Waals surface area contributed by atoms with Crippen LogP contribution in [0, 0.1) is 0 Å². The monoisotopic (exact) mass is 177 g/mol. The largest absolute Gasteiger partial charge is 0.446 e. The maximum atomic E-state index is 10.8. The molecular weight excluding hydrogens is 166 g/mol. The maximum absolute atomic E-state index is 10.8. The molecule has 1 saturated carbocycles. The van der Waals surface area contributed by atoms with Crippen LogP contribution in [0.15, 0.2) is 0 Å². The van der Waals surface area contributed by atoms with Crippen molar-refractivity contribution in [1.29, 1.82) is 0 Å². The Balaban J connectivity index is 2.00. The summed E-state index contributed by atoms with van der Waals surface area (Å²) >= 11 is 5.36. The van der Waals surface area contributed by atoms with Crippen molar-refractivity contribution in [2.45, 2.75) is 25.4 Å². The molecule has 0 heterocycles. The van der Waals surface area contributed by atoms with Crippen LogP contribution < -0.4 is 5.32 Å². The van der Waals surface area contributed by atoms with E-state index in [1.807, 2.05) is 0 Å². The van der Waals surface area contributed by atoms with Gasteiger partial charge in [0, 0.05) is 12.4 Å². The summed E-state index contributed by atoms with van der Waals surface area (Å²) in [5.41, 5.74) is 0. The summed E-state index contributed by atoms with van der Waals surface area (Å²) in [6.07, 6.45) is 3.01. The third kappa shape index (κ3) is 2.97. The topological polar surface area (TPSA) is 38.3 Å². The van der Waals surface area contributed by atoms with Crippen molar-refractivity contribution in [3.63, 3.8) is 0 Å². The molecule has 1 fully saturated rings. The molecule has 0 radical (unpaired) electrons. The average molecular weight is 178 g/mol. The first-order valence-electron chi connectivity index (χ1n) is 3.83. The molecule has 1 aliphatic rings. The second-order valence-electron chi connectivity index (χ2n) is 2.57. The highest BCUT2D eigenvalue weighted by Gasteiger charge is 2.20. The average Bonchev–Trinajstić information content (AvgIpc) is 1.93. The van der Waals surface area contributed by atoms with Crippen LogP contribution in [0.2, 0.25) is 0 Å². The van der Waals surface area contributed by atoms with Gasteiger partial charge in [-0.2, -0.15) is 0 Å². The normalized spacial score (nSPS) is 17.2. The minimum Gasteiger partial charge on any atom is -0.446 e. The highest BCUT2D eigenvalue weighted by molar-refractivity contribution is 6.18. The lowest BCUT2D eigenvalue weighted by molar-refractivity contribution is 0.0529. The van der Waals surface area contributed by atoms with Gasteiger partial charge in [-0.1, -0.05) is 0 Å². The molecule has 1 aliphatic carbocycles. The number of carbonyl (C=O) groups excluding carboxylic acids is 1. The minimum atomic E-state index is -0.338. The van der Waals surface area contributed by atoms with Crippen molar-refractivity contribution in [2.75, 3.05) is 12.4 Å². The van der Waals surface area contributed by atoms with Gasteiger partial charge in [-0.05, 0) is 19.3 Å². The van der Waals surface area contributed by atoms with E-state index in [1.165, 1.54) is 6.42 Å². The Bertz CT molecular complexity index is 136. The summed E-state index contributed by atoms with van der Waals surface area (Å²) in [5, 5.41) is 2.54. The van der Waals surface area contributed by atoms with Crippen LogP contribution in [-0.4, -0.2) is 24.6 Å². The number of alkyl halides is 1. The van der Waals surface area contributed by atoms with Crippen molar-refractivity contribution in [1.82, 2.24) is 5.32 Å². The lowest BCUT2D eigenvalue weighted by atomic mass is 9.96. The zero-order valence-corrected chi connectivity index (χ0v) is 7.06. The molecule has 0 unspecified atom stereocenters. The van der Waals surface area contributed by atoms with E-state index < -0.39 is 0 Å². The van der Waals surface area contributed by atoms with E-state index in [0.717, 1.165) is 12.8 Å². The van der Waals surface area contributed by atoms with E-state index in [4.69, 9.17) is 16.3 Å². The Hall–Kier alpha value is -0.440. The van der Waals surface area contributed by atoms with E-state index in [-0.39, 0.29) is 12.2 Å². The van der Waals surface area contributed by atoms with Gasteiger partial charge < -0.3 is 10.1 Å². The van der Waals surface area contributed by atoms with Gasteiger partial charge in [0.25, 0.3) is 0 Å². The third-order valence-corrected chi connectivity index (χ3v) is 1.88. The zero-order valence-electron chi connectivity index (χ0n) is 6.31. The molecule has 0 spiro atoms. The molecule has 4 heteroatoms. The van der Waals surface area contributed by atoms with Gasteiger partial charge in [-0.3, -0.25) is 0 Å². The number of amides is 1. The number of ether oxygens (including phenoxy) is 1. The number of halogens is 1. The third-order valence-electron chi connectivity index (χ3n) is 1.69. The quantitative estimate of drug-likeness (QED) is 0.664. The molecule has 1 amide bonds. The van der Waals surface area contributed by atoms with Crippen LogP contribution in [-0.2, 0) is 4.74 Å². The standard InChI is InChI=1S/C7H12ClNO2/c8-4-5-9-7(10)11-6-2-1-3-6/h6H,1-5H2,(H,9,10). The first kappa shape index (κ1) is 8.65. The smallest absolute Gasteiger partial charge is 0.407 e. The Labute approximate surface area is 71.1 Å². The molecule has 0 saturated heterocycles. The Morgan fingerprint density at radius 2 is 2.36 bits per heavy atom. The fraction of sp³-hybridized carbons (Fsp3) is 0.857. The molecule has 0 aliphatic heterocycles. The highest BCUT2D eigenvalue weighted by Crippen LogP contribution is 2.21. The maximum Gasteiger partial charge on any atom is 0.407 e. The molecule has 3 nitrogen and oxygen atoms in total. The summed E-state index contributed by atoms with van der Waals surface area (Å²) in [5.74, 6) is 0.430. The summed E-state index contributed by atoms with van der Waals surface area (Å²) in [6, 6.07) is 0. The molecule has 1 rings (SSSR count). The molecule has 64 valence electrons. The number of alkyl carbamates (subject to hydrolysis) is 1. The van der Waals surface area contributed by atoms with Crippen LogP contribution in [0.4, 0.5) is 4.79 Å². The summed E-state index contributed by atoms with van der Waals surface area (Å²) in [4.78, 5) is 10.8. The van der Waals surface area contributed by atoms with Crippen LogP contribution in [0.25, 0.3) is 0 Å². The zero-order chi connectivity index (χ0) is 8.10. The fourth-order valence-corrected chi connectivity index (χ4v) is 0.925. The summed E-state index contributed by atoms with van der Waals surface area (Å²) < 4.78 is 4.98. The van der Waals surface area contributed by atoms with Gasteiger partial charge >= 0.3 is 6.09 Å². The van der Waals surface area contributed by atoms with E-state index in [0.29, 0.717) is 12.4 Å². The number of hydrogen-bond donors (Lipinski definition) is 1. The molecule has 0 aromatic rings. The van der Waals surface area contributed by atoms with Gasteiger partial charge in [-0.25, -0.2) is 4.79 Å². The Morgan fingerprint density at radius 3 is 2.82 bits per heavy atom. The molecular formula is C7H12ClNO2. The predicted molar refractivity (Wildman–Crippen MR) is 42.8 cm³/mol. The lowest BCUT2D eigenvalue weighted by Gasteiger charge is -2.24. The SMILES string of the molecule is O=C(NCCCl)OC1CCC1. The van der Waals surface area contributed by atoms with E-state index in [1.54, 1.807) is 0 Å². The summed E-state index contributed by atoms with van der Waals surface area (Å²) in [6.45, 7) is 0.479. The van der Waals surface area contributed by atoms with Crippen molar-refractivity contribution in [2.24, 2.45) is 0 Å². The summed E-state index contributed by atoms with van der Waals surface area (Å²) in [7, 11) is 0. The molecule has 1 N–H and O–H groups in total. The number of nitrogens with one attached hydrogen (secondary N) is 1. The van der Waals surface area contributed by atoms with Crippen molar-refractivity contribution in [3.8, 4) is 0 Å². The molecule has 0 aromatic heterocycles. The molecule has 0 bridgehead atoms. The van der Waals surface area contributed by atoms with Crippen molar-refractivity contribution < 1.29 is 9.53 Å². The molecule has 0 atom stereocenters. The van der Waals surface area contributed by atoms with Gasteiger partial charge in [0.2, 0.25) is 0 Å². The van der Waals surface area contributed by atoms with Crippen molar-refractivity contribution in [3.05, 3.63) is 0 Å². The Kier molecular flexibility index (Phi) is 3.49. The first-order chi connectivity index (χ1) is 5.33. The number of hydrogen-bond acceptors (Lipinski definition) is 2. The first-order valence-corrected chi connectivity index (χ1v) is 4.37. The molecule has 11 heavy (non-hydrogen) atoms. The number of rotatable bonds is 3. The van der Waals surface area contributed by atoms with Crippen LogP contribution in [0.1, 0.15) is 19.3 Å². The van der Waals surface area contributed by atoms with Crippen LogP contribution in [0.3, 0.4) is 0 Å². The van der Waals surface area contributed by atoms with Crippen LogP contribution in [0.5, 0.6) is 0 Å². The number of carbonyl (C=O) groups is 1. The van der Waals surface area contributed by atoms with E-state index >= 15 is 0 Å². The second-order valence-corrected chi connectivity index (χ2v) is 2.95. The van der Waals surface area contributed by atoms with E-state index in [9.17, 15) is 4.79 Å². The van der Waals surface area contributed by atoms with Crippen molar-refractivity contribution >= 4 is 17.7 Å². The van der Waals surface area contributed by atoms with Gasteiger partial charge in [-0.15, -0.1) is 11.6 Å². The lowest BCUT2D eigenvalue weighted by Crippen LogP contribution is -2.33. The van der Waals surface area contributed by atoms with Crippen LogP contribution >= 0.6 is 11.6 Å². The Morgan fingerprint density at radius 1 is 1.64 bits per heavy atom. The molecule has 0 aromatic carbocycles. The van der Waals surface area contributed by atoms with E-state index in [2.05, 4.69) is 5.32 Å².